The summed E-state index contributed by atoms with van der Waals surface area (Å²) in [6.45, 7) is 0.0880. The zero-order valence-electron chi connectivity index (χ0n) is 25.3. The number of hydrogen-bond donors (Lipinski definition) is 3. The minimum absolute atomic E-state index is 0.000263. The Kier molecular flexibility index (Phi) is 16.5. The van der Waals surface area contributed by atoms with E-state index in [1.807, 2.05) is 22.6 Å². The Bertz CT molecular complexity index is 1120. The molecule has 0 aliphatic heterocycles. The quantitative estimate of drug-likeness (QED) is 0.0995. The molecule has 0 fully saturated rings. The van der Waals surface area contributed by atoms with E-state index in [9.17, 15) is 32.7 Å². The molecule has 0 bridgehead atoms. The number of nitrogens with one attached hydrogen (secondary N) is 1. The molecule has 0 saturated heterocycles. The van der Waals surface area contributed by atoms with E-state index in [0.29, 0.717) is 33.2 Å². The fraction of sp³-hybridized carbons (Fsp3) is 0.645. The van der Waals surface area contributed by atoms with Gasteiger partial charge in [-0.2, -0.15) is 13.2 Å². The van der Waals surface area contributed by atoms with E-state index < -0.39 is 42.8 Å². The number of rotatable bonds is 19. The van der Waals surface area contributed by atoms with Gasteiger partial charge in [-0.1, -0.05) is 58.3 Å². The van der Waals surface area contributed by atoms with Crippen LogP contribution in [0.1, 0.15) is 87.9 Å². The summed E-state index contributed by atoms with van der Waals surface area (Å²) in [6, 6.07) is 1.48. The summed E-state index contributed by atoms with van der Waals surface area (Å²) in [5, 5.41) is 23.0. The largest absolute Gasteiger partial charge is 0.493 e. The van der Waals surface area contributed by atoms with Gasteiger partial charge in [-0.25, -0.2) is 0 Å². The monoisotopic (exact) mass is 740 g/mol. The highest BCUT2D eigenvalue weighted by Crippen LogP contribution is 2.37. The molecule has 2 rings (SSSR count). The number of aldehydes is 1. The molecule has 248 valence electrons. The molecule has 0 radical (unpaired) electrons. The average Bonchev–Trinajstić information content (AvgIpc) is 2.98. The highest BCUT2D eigenvalue weighted by Gasteiger charge is 2.44. The highest BCUT2D eigenvalue weighted by molar-refractivity contribution is 14.1. The number of amides is 2. The van der Waals surface area contributed by atoms with Crippen LogP contribution in [0, 0.1) is 3.57 Å². The van der Waals surface area contributed by atoms with Gasteiger partial charge in [0.2, 0.25) is 11.8 Å². The van der Waals surface area contributed by atoms with Crippen LogP contribution in [0.5, 0.6) is 11.5 Å². The van der Waals surface area contributed by atoms with Crippen LogP contribution in [0.2, 0.25) is 0 Å². The van der Waals surface area contributed by atoms with Crippen LogP contribution in [0.15, 0.2) is 23.8 Å². The molecular formula is C31H44F3IN2O7. The van der Waals surface area contributed by atoms with Crippen molar-refractivity contribution >= 4 is 40.7 Å². The fourth-order valence-electron chi connectivity index (χ4n) is 5.15. The van der Waals surface area contributed by atoms with Crippen molar-refractivity contribution in [1.82, 2.24) is 10.2 Å². The molecule has 0 saturated carbocycles. The second kappa shape index (κ2) is 19.2. The number of hydrogen-bond acceptors (Lipinski definition) is 7. The molecule has 1 aliphatic carbocycles. The number of carbonyl (C=O) groups excluding carboxylic acids is 3. The van der Waals surface area contributed by atoms with Gasteiger partial charge in [0.15, 0.2) is 11.5 Å². The molecule has 2 amide bonds. The average molecular weight is 741 g/mol. The predicted octanol–water partition coefficient (Wildman–Crippen LogP) is 5.34. The number of ether oxygens (including phenoxy) is 2. The Morgan fingerprint density at radius 2 is 1.75 bits per heavy atom. The van der Waals surface area contributed by atoms with Crippen LogP contribution in [-0.2, 0) is 9.59 Å². The molecule has 3 N–H and O–H groups in total. The van der Waals surface area contributed by atoms with E-state index in [1.165, 1.54) is 38.2 Å². The topological polar surface area (TPSA) is 125 Å². The van der Waals surface area contributed by atoms with Crippen molar-refractivity contribution in [2.24, 2.45) is 0 Å². The Morgan fingerprint density at radius 3 is 2.32 bits per heavy atom. The van der Waals surface area contributed by atoms with E-state index in [4.69, 9.17) is 14.6 Å². The van der Waals surface area contributed by atoms with Gasteiger partial charge in [0, 0.05) is 30.5 Å². The van der Waals surface area contributed by atoms with Gasteiger partial charge in [0.25, 0.3) is 0 Å². The molecule has 3 atom stereocenters. The molecule has 0 aromatic heterocycles. The number of unbranched alkanes of at least 4 members (excludes halogenated alkanes) is 8. The molecule has 0 heterocycles. The first kappa shape index (κ1) is 37.8. The molecule has 0 spiro atoms. The first-order valence-electron chi connectivity index (χ1n) is 15.1. The lowest BCUT2D eigenvalue weighted by atomic mass is 9.87. The maximum Gasteiger partial charge on any atom is 0.406 e. The number of aliphatic hydroxyl groups excluding tert-OH is 2. The molecule has 1 aromatic carbocycles. The van der Waals surface area contributed by atoms with Crippen molar-refractivity contribution in [1.29, 1.82) is 0 Å². The third-order valence-corrected chi connectivity index (χ3v) is 8.22. The number of benzene rings is 1. The summed E-state index contributed by atoms with van der Waals surface area (Å²) in [5.74, 6) is -1.19. The first-order valence-corrected chi connectivity index (χ1v) is 16.2. The second-order valence-corrected chi connectivity index (χ2v) is 12.0. The summed E-state index contributed by atoms with van der Waals surface area (Å²) in [6.07, 6.45) is 2.43. The smallest absolute Gasteiger partial charge is 0.406 e. The van der Waals surface area contributed by atoms with Gasteiger partial charge in [-0.05, 0) is 47.2 Å². The minimum Gasteiger partial charge on any atom is -0.493 e. The summed E-state index contributed by atoms with van der Waals surface area (Å²) in [7, 11) is 1.34. The van der Waals surface area contributed by atoms with Crippen LogP contribution >= 0.6 is 22.6 Å². The number of aliphatic hydroxyl groups is 2. The van der Waals surface area contributed by atoms with Crippen molar-refractivity contribution in [3.8, 4) is 11.5 Å². The van der Waals surface area contributed by atoms with Crippen molar-refractivity contribution in [3.63, 3.8) is 0 Å². The minimum atomic E-state index is -4.76. The zero-order valence-corrected chi connectivity index (χ0v) is 27.5. The van der Waals surface area contributed by atoms with Crippen molar-refractivity contribution in [2.75, 3.05) is 26.8 Å². The summed E-state index contributed by atoms with van der Waals surface area (Å²) >= 11 is 1.89. The molecule has 1 aromatic rings. The van der Waals surface area contributed by atoms with Crippen molar-refractivity contribution in [3.05, 3.63) is 32.9 Å². The fourth-order valence-corrected chi connectivity index (χ4v) is 5.90. The van der Waals surface area contributed by atoms with Crippen LogP contribution in [0.25, 0.3) is 0 Å². The summed E-state index contributed by atoms with van der Waals surface area (Å²) in [4.78, 5) is 38.1. The molecule has 0 unspecified atom stereocenters. The highest BCUT2D eigenvalue weighted by atomic mass is 127. The third kappa shape index (κ3) is 12.2. The number of methoxy groups -OCH3 is 1. The first-order chi connectivity index (χ1) is 20.9. The second-order valence-electron chi connectivity index (χ2n) is 10.9. The summed E-state index contributed by atoms with van der Waals surface area (Å²) < 4.78 is 53.1. The van der Waals surface area contributed by atoms with E-state index in [0.717, 1.165) is 32.1 Å². The molecule has 44 heavy (non-hydrogen) atoms. The number of alkyl halides is 3. The van der Waals surface area contributed by atoms with Gasteiger partial charge in [-0.15, -0.1) is 0 Å². The Balaban J connectivity index is 2.30. The van der Waals surface area contributed by atoms with Gasteiger partial charge in [0.05, 0.1) is 23.3 Å². The summed E-state index contributed by atoms with van der Waals surface area (Å²) in [5.41, 5.74) is 0.291. The van der Waals surface area contributed by atoms with Crippen LogP contribution in [-0.4, -0.2) is 84.4 Å². The zero-order chi connectivity index (χ0) is 32.7. The van der Waals surface area contributed by atoms with Gasteiger partial charge in [-0.3, -0.25) is 14.4 Å². The molecule has 1 aliphatic rings. The molecule has 9 nitrogen and oxygen atoms in total. The number of carbonyl (C=O) groups is 3. The van der Waals surface area contributed by atoms with Crippen molar-refractivity contribution < 1.29 is 47.2 Å². The van der Waals surface area contributed by atoms with Crippen LogP contribution in [0.3, 0.4) is 0 Å². The maximum absolute atomic E-state index is 13.8. The SMILES string of the molecule is CCCCCCCCCCCC(=O)N(CC(F)(F)F)[C@@H]1CC(C(=O)NCCO)=C[C@H](Oc2c(I)cc(C=O)cc2OC)[C@H]1O. The van der Waals surface area contributed by atoms with Crippen LogP contribution in [0.4, 0.5) is 13.2 Å². The van der Waals surface area contributed by atoms with E-state index >= 15 is 0 Å². The predicted molar refractivity (Wildman–Crippen MR) is 168 cm³/mol. The number of nitrogens with zero attached hydrogens (tertiary/aromatic N) is 1. The lowest BCUT2D eigenvalue weighted by molar-refractivity contribution is -0.172. The lowest BCUT2D eigenvalue weighted by Crippen LogP contribution is -2.57. The number of halogens is 4. The van der Waals surface area contributed by atoms with Crippen LogP contribution < -0.4 is 14.8 Å². The van der Waals surface area contributed by atoms with Crippen molar-refractivity contribution in [2.45, 2.75) is 102 Å². The normalized spacial score (nSPS) is 18.4. The molecule has 13 heteroatoms. The molecular weight excluding hydrogens is 696 g/mol. The lowest BCUT2D eigenvalue weighted by Gasteiger charge is -2.41. The standard InChI is InChI=1S/C31H44F3IN2O7/c1-3-4-5-6-7-8-9-10-11-12-27(40)37(20-31(32,33)34)24-17-22(30(42)36-13-14-38)18-25(28(24)41)44-29-23(35)15-21(19-39)16-26(29)43-2/h15-16,18-19,24-25,28,38,41H,3-14,17,20H2,1-2H3,(H,36,42)/t24-,25+,28+/m1/s1. The van der Waals surface area contributed by atoms with E-state index in [-0.39, 0.29) is 43.1 Å². The van der Waals surface area contributed by atoms with E-state index in [1.54, 1.807) is 0 Å². The van der Waals surface area contributed by atoms with Gasteiger partial charge in [0.1, 0.15) is 25.0 Å². The van der Waals surface area contributed by atoms with Gasteiger partial charge >= 0.3 is 6.18 Å². The van der Waals surface area contributed by atoms with E-state index in [2.05, 4.69) is 12.2 Å². The van der Waals surface area contributed by atoms with Gasteiger partial charge < -0.3 is 29.9 Å². The Hall–Kier alpha value is -2.39. The Labute approximate surface area is 270 Å². The maximum atomic E-state index is 13.8. The Morgan fingerprint density at radius 1 is 1.11 bits per heavy atom. The third-order valence-electron chi connectivity index (χ3n) is 7.42.